The van der Waals surface area contributed by atoms with Gasteiger partial charge in [0.2, 0.25) is 0 Å². The van der Waals surface area contributed by atoms with Gasteiger partial charge in [-0.1, -0.05) is 30.7 Å². The van der Waals surface area contributed by atoms with Crippen molar-refractivity contribution in [3.8, 4) is 0 Å². The fourth-order valence-electron chi connectivity index (χ4n) is 3.33. The maximum absolute atomic E-state index is 10.4. The minimum atomic E-state index is -0.904. The van der Waals surface area contributed by atoms with E-state index in [1.165, 1.54) is 0 Å². The van der Waals surface area contributed by atoms with Crippen molar-refractivity contribution in [2.75, 3.05) is 6.61 Å². The molecule has 0 amide bonds. The zero-order chi connectivity index (χ0) is 16.1. The number of oxime groups is 1. The van der Waals surface area contributed by atoms with Gasteiger partial charge in [0.15, 0.2) is 0 Å². The summed E-state index contributed by atoms with van der Waals surface area (Å²) in [7, 11) is 0. The highest BCUT2D eigenvalue weighted by Gasteiger charge is 2.51. The first-order valence-corrected chi connectivity index (χ1v) is 7.97. The Morgan fingerprint density at radius 1 is 1.55 bits per heavy atom. The number of hydrogen-bond donors (Lipinski definition) is 3. The molecule has 5 atom stereocenters. The van der Waals surface area contributed by atoms with E-state index in [-0.39, 0.29) is 24.9 Å². The van der Waals surface area contributed by atoms with Gasteiger partial charge in [0.1, 0.15) is 6.61 Å². The maximum Gasteiger partial charge on any atom is 0.306 e. The number of carbonyl (C=O) groups is 1. The minimum absolute atomic E-state index is 0.0613. The van der Waals surface area contributed by atoms with Crippen molar-refractivity contribution in [1.82, 2.24) is 0 Å². The second-order valence-corrected chi connectivity index (χ2v) is 6.16. The number of nitrogens with zero attached hydrogens (tertiary/aromatic N) is 1. The molecule has 124 valence electrons. The van der Waals surface area contributed by atoms with Gasteiger partial charge in [0.25, 0.3) is 0 Å². The summed E-state index contributed by atoms with van der Waals surface area (Å²) in [5, 5.41) is 32.4. The summed E-state index contributed by atoms with van der Waals surface area (Å²) in [5.41, 5.74) is 0.916. The van der Waals surface area contributed by atoms with Gasteiger partial charge >= 0.3 is 5.97 Å². The van der Waals surface area contributed by atoms with Gasteiger partial charge in [-0.2, -0.15) is 0 Å². The third-order valence-electron chi connectivity index (χ3n) is 4.55. The predicted molar refractivity (Wildman–Crippen MR) is 81.4 cm³/mol. The van der Waals surface area contributed by atoms with Crippen molar-refractivity contribution in [1.29, 1.82) is 0 Å². The van der Waals surface area contributed by atoms with E-state index in [0.717, 1.165) is 25.0 Å². The molecular weight excluding hydrogens is 286 g/mol. The number of carboxylic acid groups (broad SMARTS) is 1. The van der Waals surface area contributed by atoms with Gasteiger partial charge in [-0.05, 0) is 25.2 Å². The van der Waals surface area contributed by atoms with Gasteiger partial charge < -0.3 is 20.2 Å². The van der Waals surface area contributed by atoms with E-state index >= 15 is 0 Å². The SMILES string of the molecule is CCCC(O)C=CC1C(O)C[C@@H]2C(=NOCCC(=O)O)C[C@@H]12. The van der Waals surface area contributed by atoms with E-state index in [0.29, 0.717) is 12.3 Å². The summed E-state index contributed by atoms with van der Waals surface area (Å²) < 4.78 is 0. The molecule has 6 nitrogen and oxygen atoms in total. The summed E-state index contributed by atoms with van der Waals surface area (Å²) in [6.07, 6.45) is 5.91. The average molecular weight is 311 g/mol. The monoisotopic (exact) mass is 311 g/mol. The lowest BCUT2D eigenvalue weighted by Gasteiger charge is -2.34. The van der Waals surface area contributed by atoms with Gasteiger partial charge in [0.05, 0.1) is 24.3 Å². The number of rotatable bonds is 8. The normalized spacial score (nSPS) is 33.7. The van der Waals surface area contributed by atoms with Crippen molar-refractivity contribution in [2.45, 2.75) is 51.2 Å². The molecule has 0 bridgehead atoms. The standard InChI is InChI=1S/C16H25NO5/c1-2-3-10(18)4-5-11-12-8-14(13(12)9-15(11)19)17-22-7-6-16(20)21/h4-5,10-13,15,18-19H,2-3,6-9H2,1H3,(H,20,21)/t10?,11?,12-,13-,15?/m0/s1. The number of hydrogen-bond acceptors (Lipinski definition) is 5. The Morgan fingerprint density at radius 3 is 3.00 bits per heavy atom. The maximum atomic E-state index is 10.4. The Kier molecular flexibility index (Phi) is 5.97. The molecule has 0 aromatic heterocycles. The number of carboxylic acids is 1. The Balaban J connectivity index is 1.82. The van der Waals surface area contributed by atoms with Crippen LogP contribution in [0.3, 0.4) is 0 Å². The highest BCUT2D eigenvalue weighted by atomic mass is 16.6. The van der Waals surface area contributed by atoms with Gasteiger partial charge in [0, 0.05) is 11.8 Å². The van der Waals surface area contributed by atoms with Crippen LogP contribution < -0.4 is 0 Å². The first kappa shape index (κ1) is 17.0. The lowest BCUT2D eigenvalue weighted by molar-refractivity contribution is -0.138. The molecule has 2 rings (SSSR count). The third kappa shape index (κ3) is 4.08. The molecule has 6 heteroatoms. The van der Waals surface area contributed by atoms with Crippen molar-refractivity contribution in [3.05, 3.63) is 12.2 Å². The average Bonchev–Trinajstić information content (AvgIpc) is 2.69. The van der Waals surface area contributed by atoms with Crippen LogP contribution in [0.2, 0.25) is 0 Å². The molecule has 0 saturated heterocycles. The smallest absolute Gasteiger partial charge is 0.306 e. The summed E-state index contributed by atoms with van der Waals surface area (Å²) in [6, 6.07) is 0. The third-order valence-corrected chi connectivity index (χ3v) is 4.55. The Hall–Kier alpha value is -1.40. The second-order valence-electron chi connectivity index (χ2n) is 6.16. The molecular formula is C16H25NO5. The molecule has 2 fully saturated rings. The number of aliphatic hydroxyl groups is 2. The van der Waals surface area contributed by atoms with Crippen LogP contribution >= 0.6 is 0 Å². The lowest BCUT2D eigenvalue weighted by atomic mass is 9.71. The summed E-state index contributed by atoms with van der Waals surface area (Å²) >= 11 is 0. The first-order chi connectivity index (χ1) is 10.5. The number of aliphatic carboxylic acids is 1. The second kappa shape index (κ2) is 7.74. The molecule has 3 N–H and O–H groups in total. The van der Waals surface area contributed by atoms with E-state index in [4.69, 9.17) is 9.94 Å². The minimum Gasteiger partial charge on any atom is -0.481 e. The van der Waals surface area contributed by atoms with E-state index in [1.54, 1.807) is 6.08 Å². The number of fused-ring (bicyclic) bond motifs is 1. The number of aliphatic hydroxyl groups excluding tert-OH is 2. The Labute approximate surface area is 130 Å². The molecule has 2 aliphatic rings. The van der Waals surface area contributed by atoms with Crippen molar-refractivity contribution in [3.63, 3.8) is 0 Å². The van der Waals surface area contributed by atoms with Crippen LogP contribution in [-0.4, -0.2) is 45.8 Å². The first-order valence-electron chi connectivity index (χ1n) is 7.97. The van der Waals surface area contributed by atoms with Gasteiger partial charge in [-0.3, -0.25) is 4.79 Å². The molecule has 0 radical (unpaired) electrons. The molecule has 0 aromatic rings. The van der Waals surface area contributed by atoms with Crippen LogP contribution in [0.1, 0.15) is 39.0 Å². The zero-order valence-electron chi connectivity index (χ0n) is 12.9. The fraction of sp³-hybridized carbons (Fsp3) is 0.750. The summed E-state index contributed by atoms with van der Waals surface area (Å²) in [4.78, 5) is 15.4. The van der Waals surface area contributed by atoms with E-state index in [2.05, 4.69) is 5.16 Å². The molecule has 2 aliphatic carbocycles. The Bertz CT molecular complexity index is 448. The van der Waals surface area contributed by atoms with Crippen LogP contribution in [0.5, 0.6) is 0 Å². The lowest BCUT2D eigenvalue weighted by Crippen LogP contribution is -2.36. The molecule has 0 aromatic carbocycles. The molecule has 3 unspecified atom stereocenters. The van der Waals surface area contributed by atoms with Gasteiger partial charge in [-0.15, -0.1) is 0 Å². The van der Waals surface area contributed by atoms with Crippen LogP contribution in [0.4, 0.5) is 0 Å². The quantitative estimate of drug-likeness (QED) is 0.359. The van der Waals surface area contributed by atoms with E-state index in [9.17, 15) is 15.0 Å². The predicted octanol–water partition coefficient (Wildman–Crippen LogP) is 1.57. The molecule has 0 spiro atoms. The highest BCUT2D eigenvalue weighted by Crippen LogP contribution is 2.49. The van der Waals surface area contributed by atoms with E-state index < -0.39 is 18.2 Å². The summed E-state index contributed by atoms with van der Waals surface area (Å²) in [6.45, 7) is 2.10. The van der Waals surface area contributed by atoms with Crippen LogP contribution in [-0.2, 0) is 9.63 Å². The largest absolute Gasteiger partial charge is 0.481 e. The van der Waals surface area contributed by atoms with E-state index in [1.807, 2.05) is 13.0 Å². The Morgan fingerprint density at radius 2 is 2.32 bits per heavy atom. The highest BCUT2D eigenvalue weighted by molar-refractivity contribution is 5.93. The molecule has 22 heavy (non-hydrogen) atoms. The molecule has 0 heterocycles. The van der Waals surface area contributed by atoms with Crippen molar-refractivity contribution >= 4 is 11.7 Å². The van der Waals surface area contributed by atoms with Crippen LogP contribution in [0, 0.1) is 17.8 Å². The zero-order valence-corrected chi connectivity index (χ0v) is 12.9. The van der Waals surface area contributed by atoms with Crippen molar-refractivity contribution in [2.24, 2.45) is 22.9 Å². The molecule has 2 saturated carbocycles. The topological polar surface area (TPSA) is 99.4 Å². The fourth-order valence-corrected chi connectivity index (χ4v) is 3.33. The summed E-state index contributed by atoms with van der Waals surface area (Å²) in [5.74, 6) is -0.270. The van der Waals surface area contributed by atoms with Gasteiger partial charge in [-0.25, -0.2) is 0 Å². The molecule has 0 aliphatic heterocycles. The van der Waals surface area contributed by atoms with Crippen molar-refractivity contribution < 1.29 is 25.0 Å². The van der Waals surface area contributed by atoms with Crippen LogP contribution in [0.25, 0.3) is 0 Å². The van der Waals surface area contributed by atoms with Crippen LogP contribution in [0.15, 0.2) is 17.3 Å².